The van der Waals surface area contributed by atoms with E-state index in [4.69, 9.17) is 0 Å². The van der Waals surface area contributed by atoms with Crippen LogP contribution < -0.4 is 0 Å². The third kappa shape index (κ3) is 3.70. The summed E-state index contributed by atoms with van der Waals surface area (Å²) >= 11 is 0. The van der Waals surface area contributed by atoms with E-state index in [-0.39, 0.29) is 0 Å². The Bertz CT molecular complexity index is 422. The maximum Gasteiger partial charge on any atom is 0.0403 e. The Balaban J connectivity index is 1.79. The number of hydrogen-bond acceptors (Lipinski definition) is 1. The van der Waals surface area contributed by atoms with Gasteiger partial charge in [-0.05, 0) is 42.9 Å². The second kappa shape index (κ2) is 6.19. The lowest BCUT2D eigenvalue weighted by molar-refractivity contribution is 0.628. The van der Waals surface area contributed by atoms with Gasteiger partial charge in [0.05, 0.1) is 0 Å². The molecular formula is C16H19N. The van der Waals surface area contributed by atoms with Gasteiger partial charge in [-0.1, -0.05) is 43.3 Å². The maximum atomic E-state index is 4.35. The number of hydrogen-bond donors (Lipinski definition) is 0. The van der Waals surface area contributed by atoms with Crippen molar-refractivity contribution in [2.75, 3.05) is 0 Å². The number of benzene rings is 1. The lowest BCUT2D eigenvalue weighted by Gasteiger charge is -2.11. The van der Waals surface area contributed by atoms with Crippen molar-refractivity contribution in [2.24, 2.45) is 0 Å². The Morgan fingerprint density at radius 2 is 1.76 bits per heavy atom. The van der Waals surface area contributed by atoms with Crippen LogP contribution in [0.15, 0.2) is 54.7 Å². The van der Waals surface area contributed by atoms with Gasteiger partial charge in [-0.2, -0.15) is 0 Å². The molecule has 1 heteroatoms. The molecule has 0 radical (unpaired) electrons. The van der Waals surface area contributed by atoms with E-state index in [0.29, 0.717) is 5.92 Å². The first kappa shape index (κ1) is 11.8. The van der Waals surface area contributed by atoms with Crippen molar-refractivity contribution in [2.45, 2.75) is 32.1 Å². The topological polar surface area (TPSA) is 12.9 Å². The van der Waals surface area contributed by atoms with Crippen molar-refractivity contribution in [1.29, 1.82) is 0 Å². The molecule has 0 aliphatic carbocycles. The van der Waals surface area contributed by atoms with Gasteiger partial charge in [-0.3, -0.25) is 4.98 Å². The van der Waals surface area contributed by atoms with E-state index in [2.05, 4.69) is 54.4 Å². The molecule has 0 bridgehead atoms. The molecule has 17 heavy (non-hydrogen) atoms. The van der Waals surface area contributed by atoms with E-state index in [1.165, 1.54) is 24.1 Å². The summed E-state index contributed by atoms with van der Waals surface area (Å²) in [4.78, 5) is 4.35. The van der Waals surface area contributed by atoms with Crippen LogP contribution >= 0.6 is 0 Å². The number of rotatable bonds is 5. The first-order valence-corrected chi connectivity index (χ1v) is 6.31. The van der Waals surface area contributed by atoms with E-state index < -0.39 is 0 Å². The Hall–Kier alpha value is -1.63. The van der Waals surface area contributed by atoms with Crippen LogP contribution in [0.1, 0.15) is 36.9 Å². The third-order valence-corrected chi connectivity index (χ3v) is 3.16. The van der Waals surface area contributed by atoms with Crippen molar-refractivity contribution in [1.82, 2.24) is 4.98 Å². The molecule has 0 spiro atoms. The minimum atomic E-state index is 0.639. The first-order valence-electron chi connectivity index (χ1n) is 6.31. The molecule has 1 unspecified atom stereocenters. The summed E-state index contributed by atoms with van der Waals surface area (Å²) < 4.78 is 0. The first-order chi connectivity index (χ1) is 8.36. The predicted molar refractivity (Wildman–Crippen MR) is 72.0 cm³/mol. The quantitative estimate of drug-likeness (QED) is 0.743. The lowest BCUT2D eigenvalue weighted by atomic mass is 9.95. The van der Waals surface area contributed by atoms with Gasteiger partial charge in [-0.25, -0.2) is 0 Å². The molecule has 0 amide bonds. The minimum Gasteiger partial charge on any atom is -0.261 e. The average Bonchev–Trinajstić information content (AvgIpc) is 2.41. The summed E-state index contributed by atoms with van der Waals surface area (Å²) in [6, 6.07) is 16.9. The van der Waals surface area contributed by atoms with E-state index in [0.717, 1.165) is 6.42 Å². The fraction of sp³-hybridized carbons (Fsp3) is 0.312. The molecule has 0 saturated carbocycles. The van der Waals surface area contributed by atoms with Crippen molar-refractivity contribution < 1.29 is 0 Å². The van der Waals surface area contributed by atoms with Crippen LogP contribution in [-0.2, 0) is 6.42 Å². The van der Waals surface area contributed by atoms with Crippen molar-refractivity contribution in [3.05, 3.63) is 66.0 Å². The van der Waals surface area contributed by atoms with Crippen LogP contribution in [0.5, 0.6) is 0 Å². The molecule has 0 aliphatic heterocycles. The fourth-order valence-corrected chi connectivity index (χ4v) is 2.08. The highest BCUT2D eigenvalue weighted by atomic mass is 14.7. The van der Waals surface area contributed by atoms with Crippen LogP contribution in [0.2, 0.25) is 0 Å². The Morgan fingerprint density at radius 3 is 2.47 bits per heavy atom. The predicted octanol–water partition coefficient (Wildman–Crippen LogP) is 4.21. The number of aryl methyl sites for hydroxylation is 1. The van der Waals surface area contributed by atoms with Gasteiger partial charge in [0.15, 0.2) is 0 Å². The lowest BCUT2D eigenvalue weighted by Crippen LogP contribution is -1.96. The summed E-state index contributed by atoms with van der Waals surface area (Å²) in [5, 5.41) is 0. The highest BCUT2D eigenvalue weighted by molar-refractivity contribution is 5.18. The fourth-order valence-electron chi connectivity index (χ4n) is 2.08. The minimum absolute atomic E-state index is 0.639. The zero-order valence-corrected chi connectivity index (χ0v) is 10.3. The van der Waals surface area contributed by atoms with Crippen LogP contribution in [-0.4, -0.2) is 4.98 Å². The molecule has 1 nitrogen and oxygen atoms in total. The van der Waals surface area contributed by atoms with Gasteiger partial charge < -0.3 is 0 Å². The maximum absolute atomic E-state index is 4.35. The molecule has 2 rings (SSSR count). The molecule has 1 aromatic heterocycles. The van der Waals surface area contributed by atoms with Crippen molar-refractivity contribution in [3.63, 3.8) is 0 Å². The van der Waals surface area contributed by atoms with Gasteiger partial charge >= 0.3 is 0 Å². The second-order valence-electron chi connectivity index (χ2n) is 4.53. The SMILES string of the molecule is CC(CCCc1ccccn1)c1ccccc1. The normalized spacial score (nSPS) is 12.3. The number of nitrogens with zero attached hydrogens (tertiary/aromatic N) is 1. The summed E-state index contributed by atoms with van der Waals surface area (Å²) in [6.45, 7) is 2.30. The van der Waals surface area contributed by atoms with Crippen molar-refractivity contribution >= 4 is 0 Å². The summed E-state index contributed by atoms with van der Waals surface area (Å²) in [6.07, 6.45) is 5.38. The number of pyridine rings is 1. The van der Waals surface area contributed by atoms with Gasteiger partial charge in [0, 0.05) is 11.9 Å². The monoisotopic (exact) mass is 225 g/mol. The molecule has 0 fully saturated rings. The Morgan fingerprint density at radius 1 is 1.00 bits per heavy atom. The van der Waals surface area contributed by atoms with E-state index in [1.807, 2.05) is 12.3 Å². The zero-order valence-electron chi connectivity index (χ0n) is 10.3. The Kier molecular flexibility index (Phi) is 4.31. The molecule has 1 aromatic carbocycles. The van der Waals surface area contributed by atoms with E-state index >= 15 is 0 Å². The molecular weight excluding hydrogens is 206 g/mol. The standard InChI is InChI=1S/C16H19N/c1-14(15-9-3-2-4-10-15)8-7-12-16-11-5-6-13-17-16/h2-6,9-11,13-14H,7-8,12H2,1H3. The number of aromatic nitrogens is 1. The summed E-state index contributed by atoms with van der Waals surface area (Å²) in [5.41, 5.74) is 2.64. The highest BCUT2D eigenvalue weighted by Crippen LogP contribution is 2.20. The van der Waals surface area contributed by atoms with E-state index in [9.17, 15) is 0 Å². The molecule has 1 atom stereocenters. The van der Waals surface area contributed by atoms with Gasteiger partial charge in [-0.15, -0.1) is 0 Å². The van der Waals surface area contributed by atoms with Gasteiger partial charge in [0.25, 0.3) is 0 Å². The van der Waals surface area contributed by atoms with Gasteiger partial charge in [0.2, 0.25) is 0 Å². The van der Waals surface area contributed by atoms with E-state index in [1.54, 1.807) is 0 Å². The molecule has 1 heterocycles. The Labute approximate surface area is 104 Å². The van der Waals surface area contributed by atoms with Crippen LogP contribution in [0, 0.1) is 0 Å². The third-order valence-electron chi connectivity index (χ3n) is 3.16. The van der Waals surface area contributed by atoms with Crippen LogP contribution in [0.25, 0.3) is 0 Å². The van der Waals surface area contributed by atoms with Crippen LogP contribution in [0.4, 0.5) is 0 Å². The second-order valence-corrected chi connectivity index (χ2v) is 4.53. The summed E-state index contributed by atoms with van der Waals surface area (Å²) in [5.74, 6) is 0.639. The molecule has 0 saturated heterocycles. The van der Waals surface area contributed by atoms with Crippen LogP contribution in [0.3, 0.4) is 0 Å². The average molecular weight is 225 g/mol. The zero-order chi connectivity index (χ0) is 11.9. The molecule has 88 valence electrons. The summed E-state index contributed by atoms with van der Waals surface area (Å²) in [7, 11) is 0. The smallest absolute Gasteiger partial charge is 0.0403 e. The largest absolute Gasteiger partial charge is 0.261 e. The molecule has 0 N–H and O–H groups in total. The molecule has 0 aliphatic rings. The van der Waals surface area contributed by atoms with Gasteiger partial charge in [0.1, 0.15) is 0 Å². The molecule has 2 aromatic rings. The highest BCUT2D eigenvalue weighted by Gasteiger charge is 2.04. The van der Waals surface area contributed by atoms with Crippen molar-refractivity contribution in [3.8, 4) is 0 Å².